The Morgan fingerprint density at radius 1 is 1.26 bits per heavy atom. The number of amides is 1. The standard InChI is InChI=1S/C13H16N4OS/c1-8(2)10(11-15-13(19)17-16-11)14-12(18)9-6-4-3-5-7-9/h3-8,10H,1-2H3,(H,14,18)(H2,15,16,17,19). The summed E-state index contributed by atoms with van der Waals surface area (Å²) in [6, 6.07) is 8.89. The molecule has 2 aromatic rings. The van der Waals surface area contributed by atoms with Gasteiger partial charge >= 0.3 is 0 Å². The first kappa shape index (κ1) is 13.5. The summed E-state index contributed by atoms with van der Waals surface area (Å²) in [7, 11) is 0. The summed E-state index contributed by atoms with van der Waals surface area (Å²) in [6.45, 7) is 4.03. The van der Waals surface area contributed by atoms with Gasteiger partial charge in [-0.2, -0.15) is 0 Å². The van der Waals surface area contributed by atoms with Gasteiger partial charge in [0.2, 0.25) is 4.77 Å². The molecule has 1 aromatic heterocycles. The number of carbonyl (C=O) groups excluding carboxylic acids is 1. The van der Waals surface area contributed by atoms with Crippen LogP contribution >= 0.6 is 12.2 Å². The van der Waals surface area contributed by atoms with Crippen LogP contribution in [0.3, 0.4) is 0 Å². The first-order chi connectivity index (χ1) is 9.08. The molecule has 0 aliphatic carbocycles. The van der Waals surface area contributed by atoms with Crippen LogP contribution in [0.15, 0.2) is 30.3 Å². The Labute approximate surface area is 116 Å². The van der Waals surface area contributed by atoms with E-state index in [0.29, 0.717) is 16.2 Å². The van der Waals surface area contributed by atoms with E-state index in [-0.39, 0.29) is 17.9 Å². The molecule has 1 aromatic carbocycles. The van der Waals surface area contributed by atoms with Crippen molar-refractivity contribution in [1.82, 2.24) is 20.5 Å². The van der Waals surface area contributed by atoms with Crippen molar-refractivity contribution >= 4 is 18.1 Å². The van der Waals surface area contributed by atoms with E-state index in [4.69, 9.17) is 12.2 Å². The minimum absolute atomic E-state index is 0.124. The molecule has 1 atom stereocenters. The van der Waals surface area contributed by atoms with E-state index in [9.17, 15) is 4.79 Å². The summed E-state index contributed by atoms with van der Waals surface area (Å²) >= 11 is 4.94. The molecule has 0 spiro atoms. The lowest BCUT2D eigenvalue weighted by atomic mass is 10.0. The molecule has 0 saturated carbocycles. The number of rotatable bonds is 4. The molecule has 0 fully saturated rings. The molecular formula is C13H16N4OS. The maximum atomic E-state index is 12.2. The molecule has 2 rings (SSSR count). The Morgan fingerprint density at radius 3 is 2.47 bits per heavy atom. The number of hydrogen-bond acceptors (Lipinski definition) is 3. The van der Waals surface area contributed by atoms with E-state index in [1.807, 2.05) is 32.0 Å². The minimum Gasteiger partial charge on any atom is -0.342 e. The van der Waals surface area contributed by atoms with Crippen LogP contribution in [-0.4, -0.2) is 21.1 Å². The predicted molar refractivity (Wildman–Crippen MR) is 75.3 cm³/mol. The smallest absolute Gasteiger partial charge is 0.251 e. The van der Waals surface area contributed by atoms with Gasteiger partial charge in [0.25, 0.3) is 5.91 Å². The van der Waals surface area contributed by atoms with E-state index in [1.54, 1.807) is 12.1 Å². The van der Waals surface area contributed by atoms with Crippen LogP contribution in [0.5, 0.6) is 0 Å². The Kier molecular flexibility index (Phi) is 4.11. The molecule has 0 bridgehead atoms. The molecule has 1 amide bonds. The molecule has 1 unspecified atom stereocenters. The quantitative estimate of drug-likeness (QED) is 0.751. The third-order valence-corrected chi connectivity index (χ3v) is 3.00. The van der Waals surface area contributed by atoms with Crippen LogP contribution in [0.2, 0.25) is 0 Å². The van der Waals surface area contributed by atoms with Gasteiger partial charge in [0.15, 0.2) is 0 Å². The number of benzene rings is 1. The predicted octanol–water partition coefficient (Wildman–Crippen LogP) is 2.59. The van der Waals surface area contributed by atoms with E-state index in [2.05, 4.69) is 20.5 Å². The molecule has 1 heterocycles. The molecule has 0 aliphatic rings. The summed E-state index contributed by atoms with van der Waals surface area (Å²) < 4.78 is 0.384. The largest absolute Gasteiger partial charge is 0.342 e. The molecule has 0 aliphatic heterocycles. The molecule has 5 nitrogen and oxygen atoms in total. The highest BCUT2D eigenvalue weighted by atomic mass is 32.1. The summed E-state index contributed by atoms with van der Waals surface area (Å²) in [5.74, 6) is 0.715. The van der Waals surface area contributed by atoms with Crippen molar-refractivity contribution in [3.63, 3.8) is 0 Å². The summed E-state index contributed by atoms with van der Waals surface area (Å²) in [5, 5.41) is 8.60. The average molecular weight is 276 g/mol. The summed E-state index contributed by atoms with van der Waals surface area (Å²) in [6.07, 6.45) is 0. The Bertz CT molecular complexity index is 602. The molecule has 100 valence electrons. The highest BCUT2D eigenvalue weighted by Crippen LogP contribution is 2.18. The van der Waals surface area contributed by atoms with Gasteiger partial charge in [0, 0.05) is 5.56 Å². The van der Waals surface area contributed by atoms with Crippen LogP contribution in [0.4, 0.5) is 0 Å². The second kappa shape index (κ2) is 5.79. The number of aromatic amines is 2. The van der Waals surface area contributed by atoms with Gasteiger partial charge in [0.05, 0.1) is 6.04 Å². The van der Waals surface area contributed by atoms with Gasteiger partial charge < -0.3 is 5.32 Å². The van der Waals surface area contributed by atoms with Crippen molar-refractivity contribution in [1.29, 1.82) is 0 Å². The third-order valence-electron chi connectivity index (χ3n) is 2.80. The number of aromatic nitrogens is 3. The molecule has 0 saturated heterocycles. The van der Waals surface area contributed by atoms with E-state index >= 15 is 0 Å². The SMILES string of the molecule is CC(C)C(NC(=O)c1ccccc1)c1nc(=S)[nH][nH]1. The fourth-order valence-electron chi connectivity index (χ4n) is 1.79. The van der Waals surface area contributed by atoms with Crippen molar-refractivity contribution in [2.75, 3.05) is 0 Å². The summed E-state index contributed by atoms with van der Waals surface area (Å²) in [4.78, 5) is 16.3. The fourth-order valence-corrected chi connectivity index (χ4v) is 1.94. The first-order valence-corrected chi connectivity index (χ1v) is 6.49. The number of hydrogen-bond donors (Lipinski definition) is 3. The van der Waals surface area contributed by atoms with Crippen molar-refractivity contribution in [2.24, 2.45) is 5.92 Å². The monoisotopic (exact) mass is 276 g/mol. The van der Waals surface area contributed by atoms with Gasteiger partial charge in [-0.15, -0.1) is 0 Å². The Morgan fingerprint density at radius 2 is 1.95 bits per heavy atom. The molecule has 3 N–H and O–H groups in total. The van der Waals surface area contributed by atoms with Crippen LogP contribution < -0.4 is 5.32 Å². The van der Waals surface area contributed by atoms with Crippen LogP contribution in [0.1, 0.15) is 36.1 Å². The number of carbonyl (C=O) groups is 1. The zero-order valence-corrected chi connectivity index (χ0v) is 11.6. The zero-order chi connectivity index (χ0) is 13.8. The lowest BCUT2D eigenvalue weighted by Crippen LogP contribution is -2.32. The fraction of sp³-hybridized carbons (Fsp3) is 0.308. The second-order valence-corrected chi connectivity index (χ2v) is 5.00. The van der Waals surface area contributed by atoms with Gasteiger partial charge in [-0.05, 0) is 30.3 Å². The van der Waals surface area contributed by atoms with E-state index < -0.39 is 0 Å². The van der Waals surface area contributed by atoms with Crippen molar-refractivity contribution in [3.05, 3.63) is 46.5 Å². The maximum absolute atomic E-state index is 12.2. The van der Waals surface area contributed by atoms with Crippen LogP contribution in [0, 0.1) is 10.7 Å². The topological polar surface area (TPSA) is 73.6 Å². The molecular weight excluding hydrogens is 260 g/mol. The molecule has 0 radical (unpaired) electrons. The molecule has 6 heteroatoms. The van der Waals surface area contributed by atoms with Gasteiger partial charge in [-0.1, -0.05) is 32.0 Å². The van der Waals surface area contributed by atoms with Crippen molar-refractivity contribution in [2.45, 2.75) is 19.9 Å². The first-order valence-electron chi connectivity index (χ1n) is 6.08. The normalized spacial score (nSPS) is 12.4. The average Bonchev–Trinajstić information content (AvgIpc) is 2.82. The molecule has 19 heavy (non-hydrogen) atoms. The minimum atomic E-state index is -0.208. The second-order valence-electron chi connectivity index (χ2n) is 4.61. The number of nitrogens with one attached hydrogen (secondary N) is 3. The summed E-state index contributed by atoms with van der Waals surface area (Å²) in [5.41, 5.74) is 0.627. The van der Waals surface area contributed by atoms with E-state index in [1.165, 1.54) is 0 Å². The number of nitrogens with zero attached hydrogens (tertiary/aromatic N) is 1. The Balaban J connectivity index is 2.18. The van der Waals surface area contributed by atoms with Crippen LogP contribution in [-0.2, 0) is 0 Å². The lowest BCUT2D eigenvalue weighted by Gasteiger charge is -2.19. The van der Waals surface area contributed by atoms with Crippen molar-refractivity contribution in [3.8, 4) is 0 Å². The highest BCUT2D eigenvalue weighted by molar-refractivity contribution is 7.71. The zero-order valence-electron chi connectivity index (χ0n) is 10.8. The lowest BCUT2D eigenvalue weighted by molar-refractivity contribution is 0.0923. The third kappa shape index (κ3) is 3.29. The van der Waals surface area contributed by atoms with E-state index in [0.717, 1.165) is 0 Å². The Hall–Kier alpha value is -1.95. The van der Waals surface area contributed by atoms with Crippen LogP contribution in [0.25, 0.3) is 0 Å². The van der Waals surface area contributed by atoms with Gasteiger partial charge in [0.1, 0.15) is 5.82 Å². The van der Waals surface area contributed by atoms with Gasteiger partial charge in [-0.3, -0.25) is 15.0 Å². The maximum Gasteiger partial charge on any atom is 0.251 e. The highest BCUT2D eigenvalue weighted by Gasteiger charge is 2.21. The van der Waals surface area contributed by atoms with Gasteiger partial charge in [-0.25, -0.2) is 4.98 Å². The number of H-pyrrole nitrogens is 2. The van der Waals surface area contributed by atoms with Crippen molar-refractivity contribution < 1.29 is 4.79 Å².